The molecule has 1 aromatic carbocycles. The molecule has 0 N–H and O–H groups in total. The normalized spacial score (nSPS) is 9.36. The Kier molecular flexibility index (Phi) is 2.15. The summed E-state index contributed by atoms with van der Waals surface area (Å²) in [5.74, 6) is 2.93. The lowest BCUT2D eigenvalue weighted by atomic mass is 10.2. The molecule has 4 nitrogen and oxygen atoms in total. The van der Waals surface area contributed by atoms with Crippen LogP contribution in [0.2, 0.25) is 0 Å². The highest BCUT2D eigenvalue weighted by Crippen LogP contribution is 2.10. The lowest BCUT2D eigenvalue weighted by molar-refractivity contribution is 0.847. The molecule has 0 aliphatic carbocycles. The van der Waals surface area contributed by atoms with Crippen LogP contribution in [0, 0.1) is 12.3 Å². The van der Waals surface area contributed by atoms with E-state index >= 15 is 0 Å². The van der Waals surface area contributed by atoms with Gasteiger partial charge in [-0.1, -0.05) is 30.3 Å². The van der Waals surface area contributed by atoms with Gasteiger partial charge in [-0.2, -0.15) is 0 Å². The van der Waals surface area contributed by atoms with Gasteiger partial charge in [0.25, 0.3) is 0 Å². The molecule has 0 fully saturated rings. The van der Waals surface area contributed by atoms with Crippen LogP contribution in [0.15, 0.2) is 30.3 Å². The van der Waals surface area contributed by atoms with E-state index in [9.17, 15) is 0 Å². The number of hydrogen-bond donors (Lipinski definition) is 0. The summed E-state index contributed by atoms with van der Waals surface area (Å²) in [7, 11) is 0. The second kappa shape index (κ2) is 3.62. The Morgan fingerprint density at radius 1 is 0.929 bits per heavy atom. The smallest absolute Gasteiger partial charge is 0.125 e. The number of rotatable bonds is 1. The van der Waals surface area contributed by atoms with Gasteiger partial charge in [0, 0.05) is 5.56 Å². The highest BCUT2D eigenvalue weighted by atomic mass is 15.3. The largest absolute Gasteiger partial charge is 0.246 e. The molecule has 0 bridgehead atoms. The Labute approximate surface area is 81.0 Å². The Balaban J connectivity index is 2.40. The van der Waals surface area contributed by atoms with E-state index in [1.165, 1.54) is 0 Å². The molecule has 14 heavy (non-hydrogen) atoms. The Morgan fingerprint density at radius 2 is 1.57 bits per heavy atom. The number of aromatic nitrogens is 4. The van der Waals surface area contributed by atoms with Gasteiger partial charge >= 0.3 is 0 Å². The average Bonchev–Trinajstić information content (AvgIpc) is 2.30. The molecule has 1 aromatic heterocycles. The van der Waals surface area contributed by atoms with Crippen molar-refractivity contribution in [2.75, 3.05) is 0 Å². The van der Waals surface area contributed by atoms with Crippen LogP contribution in [0.1, 0.15) is 5.82 Å². The Morgan fingerprint density at radius 3 is 2.14 bits per heavy atom. The van der Waals surface area contributed by atoms with E-state index in [-0.39, 0.29) is 5.82 Å². The molecule has 2 aromatic rings. The summed E-state index contributed by atoms with van der Waals surface area (Å²) in [5.41, 5.74) is 0.871. The van der Waals surface area contributed by atoms with E-state index in [4.69, 9.17) is 6.42 Å². The molecule has 0 saturated heterocycles. The third-order valence-corrected chi connectivity index (χ3v) is 1.64. The van der Waals surface area contributed by atoms with Gasteiger partial charge < -0.3 is 0 Å². The van der Waals surface area contributed by atoms with E-state index < -0.39 is 0 Å². The van der Waals surface area contributed by atoms with Gasteiger partial charge in [0.05, 0.1) is 0 Å². The SMILES string of the molecule is C#Cc1nnc(-c2ccccc2)nn1. The van der Waals surface area contributed by atoms with E-state index in [1.54, 1.807) is 0 Å². The van der Waals surface area contributed by atoms with Gasteiger partial charge in [-0.05, 0) is 5.92 Å². The maximum Gasteiger partial charge on any atom is 0.246 e. The van der Waals surface area contributed by atoms with Crippen molar-refractivity contribution >= 4 is 0 Å². The third kappa shape index (κ3) is 1.57. The monoisotopic (exact) mass is 182 g/mol. The predicted octanol–water partition coefficient (Wildman–Crippen LogP) is 0.915. The molecule has 0 spiro atoms. The summed E-state index contributed by atoms with van der Waals surface area (Å²) in [4.78, 5) is 0. The van der Waals surface area contributed by atoms with Crippen molar-refractivity contribution in [2.24, 2.45) is 0 Å². The maximum absolute atomic E-state index is 5.08. The van der Waals surface area contributed by atoms with Crippen molar-refractivity contribution < 1.29 is 0 Å². The molecule has 0 atom stereocenters. The molecule has 2 rings (SSSR count). The third-order valence-electron chi connectivity index (χ3n) is 1.64. The van der Waals surface area contributed by atoms with Gasteiger partial charge in [0.2, 0.25) is 11.6 Å². The minimum Gasteiger partial charge on any atom is -0.125 e. The highest BCUT2D eigenvalue weighted by Gasteiger charge is 2.01. The van der Waals surface area contributed by atoms with Crippen molar-refractivity contribution in [3.05, 3.63) is 36.2 Å². The first kappa shape index (κ1) is 8.32. The van der Waals surface area contributed by atoms with Gasteiger partial charge in [0.15, 0.2) is 0 Å². The van der Waals surface area contributed by atoms with Crippen LogP contribution in [0.3, 0.4) is 0 Å². The molecule has 0 radical (unpaired) electrons. The fraction of sp³-hybridized carbons (Fsp3) is 0. The summed E-state index contributed by atoms with van der Waals surface area (Å²) >= 11 is 0. The van der Waals surface area contributed by atoms with E-state index in [2.05, 4.69) is 26.3 Å². The summed E-state index contributed by atoms with van der Waals surface area (Å²) < 4.78 is 0. The van der Waals surface area contributed by atoms with Gasteiger partial charge in [0.1, 0.15) is 0 Å². The van der Waals surface area contributed by atoms with Gasteiger partial charge in [-0.15, -0.1) is 26.8 Å². The zero-order valence-corrected chi connectivity index (χ0v) is 7.25. The molecule has 66 valence electrons. The zero-order valence-electron chi connectivity index (χ0n) is 7.25. The number of nitrogens with zero attached hydrogens (tertiary/aromatic N) is 4. The Bertz CT molecular complexity index is 456. The first-order chi connectivity index (χ1) is 6.90. The van der Waals surface area contributed by atoms with Crippen LogP contribution >= 0.6 is 0 Å². The predicted molar refractivity (Wildman–Crippen MR) is 51.0 cm³/mol. The summed E-state index contributed by atoms with van der Waals surface area (Å²) in [5, 5.41) is 15.1. The lowest BCUT2D eigenvalue weighted by Crippen LogP contribution is -1.98. The van der Waals surface area contributed by atoms with Crippen molar-refractivity contribution in [1.82, 2.24) is 20.4 Å². The summed E-state index contributed by atoms with van der Waals surface area (Å²) in [6.07, 6.45) is 5.08. The second-order valence-corrected chi connectivity index (χ2v) is 2.56. The lowest BCUT2D eigenvalue weighted by Gasteiger charge is -1.95. The number of terminal acetylenes is 1. The fourth-order valence-corrected chi connectivity index (χ4v) is 0.990. The molecule has 1 heterocycles. The quantitative estimate of drug-likeness (QED) is 0.615. The molecule has 0 saturated carbocycles. The van der Waals surface area contributed by atoms with Gasteiger partial charge in [-0.25, -0.2) is 0 Å². The van der Waals surface area contributed by atoms with Crippen molar-refractivity contribution in [2.45, 2.75) is 0 Å². The van der Waals surface area contributed by atoms with Crippen molar-refractivity contribution in [3.63, 3.8) is 0 Å². The Hall–Kier alpha value is -2.28. The topological polar surface area (TPSA) is 51.6 Å². The van der Waals surface area contributed by atoms with E-state index in [1.807, 2.05) is 30.3 Å². The van der Waals surface area contributed by atoms with Crippen LogP contribution in [0.4, 0.5) is 0 Å². The minimum absolute atomic E-state index is 0.199. The van der Waals surface area contributed by atoms with Crippen LogP contribution in [0.25, 0.3) is 11.4 Å². The standard InChI is InChI=1S/C10H6N4/c1-2-9-11-13-10(14-12-9)8-6-4-3-5-7-8/h1,3-7H. The van der Waals surface area contributed by atoms with E-state index in [0.29, 0.717) is 5.82 Å². The van der Waals surface area contributed by atoms with E-state index in [0.717, 1.165) is 5.56 Å². The van der Waals surface area contributed by atoms with Crippen LogP contribution < -0.4 is 0 Å². The molecule has 4 heteroatoms. The highest BCUT2D eigenvalue weighted by molar-refractivity contribution is 5.52. The second-order valence-electron chi connectivity index (χ2n) is 2.56. The van der Waals surface area contributed by atoms with Crippen LogP contribution in [-0.2, 0) is 0 Å². The molecular formula is C10H6N4. The van der Waals surface area contributed by atoms with Crippen molar-refractivity contribution in [3.8, 4) is 23.7 Å². The summed E-state index contributed by atoms with van der Waals surface area (Å²) in [6, 6.07) is 9.48. The maximum atomic E-state index is 5.08. The first-order valence-corrected chi connectivity index (χ1v) is 3.99. The number of hydrogen-bond acceptors (Lipinski definition) is 4. The van der Waals surface area contributed by atoms with Gasteiger partial charge in [-0.3, -0.25) is 0 Å². The number of benzene rings is 1. The zero-order chi connectivity index (χ0) is 9.80. The average molecular weight is 182 g/mol. The van der Waals surface area contributed by atoms with Crippen molar-refractivity contribution in [1.29, 1.82) is 0 Å². The molecular weight excluding hydrogens is 176 g/mol. The first-order valence-electron chi connectivity index (χ1n) is 3.99. The van der Waals surface area contributed by atoms with Crippen LogP contribution in [0.5, 0.6) is 0 Å². The van der Waals surface area contributed by atoms with Crippen LogP contribution in [-0.4, -0.2) is 20.4 Å². The molecule has 0 aliphatic heterocycles. The molecule has 0 amide bonds. The molecule has 0 unspecified atom stereocenters. The molecule has 0 aliphatic rings. The summed E-state index contributed by atoms with van der Waals surface area (Å²) in [6.45, 7) is 0. The fourth-order valence-electron chi connectivity index (χ4n) is 0.990. The minimum atomic E-state index is 0.199.